The Morgan fingerprint density at radius 1 is 1.47 bits per heavy atom. The van der Waals surface area contributed by atoms with E-state index >= 15 is 0 Å². The Labute approximate surface area is 99.7 Å². The lowest BCUT2D eigenvalue weighted by molar-refractivity contribution is 0.577. The van der Waals surface area contributed by atoms with Crippen molar-refractivity contribution in [2.24, 2.45) is 7.05 Å². The van der Waals surface area contributed by atoms with E-state index in [1.54, 1.807) is 6.33 Å². The van der Waals surface area contributed by atoms with Crippen molar-refractivity contribution in [3.05, 3.63) is 24.5 Å². The van der Waals surface area contributed by atoms with E-state index in [0.717, 1.165) is 11.8 Å². The molecule has 17 heavy (non-hydrogen) atoms. The summed E-state index contributed by atoms with van der Waals surface area (Å²) in [7, 11) is 1.96. The fourth-order valence-electron chi connectivity index (χ4n) is 1.94. The van der Waals surface area contributed by atoms with Crippen molar-refractivity contribution >= 4 is 5.95 Å². The third-order valence-electron chi connectivity index (χ3n) is 3.12. The molecule has 2 aromatic heterocycles. The third kappa shape index (κ3) is 1.90. The second-order valence-electron chi connectivity index (χ2n) is 4.55. The van der Waals surface area contributed by atoms with Crippen LogP contribution in [0.25, 0.3) is 0 Å². The fourth-order valence-corrected chi connectivity index (χ4v) is 1.94. The number of aromatic nitrogens is 5. The standard InChI is InChI=1S/C11H16N6/c1-8(10-15-13-7-16(10)2)17-6-5-12-11(17)14-9-3-4-9/h5-9H,3-4H2,1-2H3,(H,12,14). The topological polar surface area (TPSA) is 60.6 Å². The van der Waals surface area contributed by atoms with Crippen LogP contribution in [-0.2, 0) is 7.05 Å². The summed E-state index contributed by atoms with van der Waals surface area (Å²) in [6.07, 6.45) is 7.99. The summed E-state index contributed by atoms with van der Waals surface area (Å²) >= 11 is 0. The summed E-state index contributed by atoms with van der Waals surface area (Å²) in [6.45, 7) is 2.10. The number of nitrogens with zero attached hydrogens (tertiary/aromatic N) is 5. The van der Waals surface area contributed by atoms with Gasteiger partial charge < -0.3 is 14.5 Å². The first-order chi connectivity index (χ1) is 8.25. The van der Waals surface area contributed by atoms with Gasteiger partial charge in [-0.3, -0.25) is 0 Å². The molecule has 1 aliphatic rings. The van der Waals surface area contributed by atoms with E-state index in [2.05, 4.69) is 32.0 Å². The minimum Gasteiger partial charge on any atom is -0.353 e. The smallest absolute Gasteiger partial charge is 0.203 e. The second-order valence-corrected chi connectivity index (χ2v) is 4.55. The molecule has 0 bridgehead atoms. The van der Waals surface area contributed by atoms with E-state index in [1.165, 1.54) is 12.8 Å². The zero-order chi connectivity index (χ0) is 11.8. The lowest BCUT2D eigenvalue weighted by Gasteiger charge is -2.15. The number of nitrogens with one attached hydrogen (secondary N) is 1. The van der Waals surface area contributed by atoms with Gasteiger partial charge in [-0.2, -0.15) is 0 Å². The van der Waals surface area contributed by atoms with Gasteiger partial charge in [-0.25, -0.2) is 4.98 Å². The minimum absolute atomic E-state index is 0.131. The number of hydrogen-bond donors (Lipinski definition) is 1. The summed E-state index contributed by atoms with van der Waals surface area (Å²) in [4.78, 5) is 4.35. The van der Waals surface area contributed by atoms with Crippen molar-refractivity contribution in [3.8, 4) is 0 Å². The second kappa shape index (κ2) is 3.87. The van der Waals surface area contributed by atoms with Gasteiger partial charge in [0.1, 0.15) is 6.33 Å². The Morgan fingerprint density at radius 3 is 2.94 bits per heavy atom. The zero-order valence-electron chi connectivity index (χ0n) is 10.0. The monoisotopic (exact) mass is 232 g/mol. The van der Waals surface area contributed by atoms with E-state index in [4.69, 9.17) is 0 Å². The van der Waals surface area contributed by atoms with Gasteiger partial charge >= 0.3 is 0 Å². The molecule has 90 valence electrons. The Morgan fingerprint density at radius 2 is 2.29 bits per heavy atom. The molecule has 3 rings (SSSR count). The Balaban J connectivity index is 1.87. The molecule has 2 aromatic rings. The molecule has 0 radical (unpaired) electrons. The normalized spacial score (nSPS) is 17.1. The Bertz CT molecular complexity index is 510. The number of rotatable bonds is 4. The van der Waals surface area contributed by atoms with Gasteiger partial charge in [0.25, 0.3) is 0 Å². The van der Waals surface area contributed by atoms with Crippen molar-refractivity contribution < 1.29 is 0 Å². The molecule has 0 spiro atoms. The molecule has 1 fully saturated rings. The van der Waals surface area contributed by atoms with Crippen LogP contribution in [0.15, 0.2) is 18.7 Å². The quantitative estimate of drug-likeness (QED) is 0.860. The zero-order valence-corrected chi connectivity index (χ0v) is 10.0. The number of hydrogen-bond acceptors (Lipinski definition) is 4. The van der Waals surface area contributed by atoms with Gasteiger partial charge in [0.05, 0.1) is 6.04 Å². The number of anilines is 1. The van der Waals surface area contributed by atoms with Crippen LogP contribution in [-0.4, -0.2) is 30.4 Å². The van der Waals surface area contributed by atoms with Gasteiger partial charge in [-0.1, -0.05) is 0 Å². The molecule has 6 heteroatoms. The largest absolute Gasteiger partial charge is 0.353 e. The van der Waals surface area contributed by atoms with Crippen LogP contribution < -0.4 is 5.32 Å². The van der Waals surface area contributed by atoms with Gasteiger partial charge in [0.15, 0.2) is 5.82 Å². The predicted octanol–water partition coefficient (Wildman–Crippen LogP) is 1.20. The van der Waals surface area contributed by atoms with Crippen LogP contribution >= 0.6 is 0 Å². The van der Waals surface area contributed by atoms with E-state index in [9.17, 15) is 0 Å². The minimum atomic E-state index is 0.131. The van der Waals surface area contributed by atoms with Crippen LogP contribution in [0.1, 0.15) is 31.6 Å². The van der Waals surface area contributed by atoms with E-state index < -0.39 is 0 Å². The maximum atomic E-state index is 4.35. The van der Waals surface area contributed by atoms with Gasteiger partial charge in [0.2, 0.25) is 5.95 Å². The molecule has 1 N–H and O–H groups in total. The molecule has 0 aliphatic heterocycles. The molecule has 0 saturated heterocycles. The first kappa shape index (κ1) is 10.3. The molecule has 6 nitrogen and oxygen atoms in total. The predicted molar refractivity (Wildman–Crippen MR) is 63.7 cm³/mol. The summed E-state index contributed by atoms with van der Waals surface area (Å²) in [5.74, 6) is 1.85. The first-order valence-corrected chi connectivity index (χ1v) is 5.89. The third-order valence-corrected chi connectivity index (χ3v) is 3.12. The summed E-state index contributed by atoms with van der Waals surface area (Å²) in [6, 6.07) is 0.731. The number of imidazole rings is 1. The molecule has 1 atom stereocenters. The highest BCUT2D eigenvalue weighted by molar-refractivity contribution is 5.31. The van der Waals surface area contributed by atoms with Crippen molar-refractivity contribution in [1.29, 1.82) is 0 Å². The molecule has 1 saturated carbocycles. The van der Waals surface area contributed by atoms with Crippen LogP contribution in [0.2, 0.25) is 0 Å². The SMILES string of the molecule is CC(c1nncn1C)n1ccnc1NC1CC1. The van der Waals surface area contributed by atoms with Crippen LogP contribution in [0.3, 0.4) is 0 Å². The Kier molecular flexibility index (Phi) is 2.35. The molecule has 2 heterocycles. The lowest BCUT2D eigenvalue weighted by atomic mass is 10.3. The maximum absolute atomic E-state index is 4.35. The van der Waals surface area contributed by atoms with E-state index in [0.29, 0.717) is 6.04 Å². The van der Waals surface area contributed by atoms with E-state index in [1.807, 2.05) is 24.0 Å². The number of aryl methyl sites for hydroxylation is 1. The average Bonchev–Trinajstić information content (AvgIpc) is 2.84. The summed E-state index contributed by atoms with van der Waals surface area (Å²) < 4.78 is 4.04. The fraction of sp³-hybridized carbons (Fsp3) is 0.545. The van der Waals surface area contributed by atoms with Crippen LogP contribution in [0.4, 0.5) is 5.95 Å². The maximum Gasteiger partial charge on any atom is 0.203 e. The summed E-state index contributed by atoms with van der Waals surface area (Å²) in [5, 5.41) is 11.5. The molecular formula is C11H16N6. The van der Waals surface area contributed by atoms with Crippen molar-refractivity contribution in [1.82, 2.24) is 24.3 Å². The first-order valence-electron chi connectivity index (χ1n) is 5.89. The lowest BCUT2D eigenvalue weighted by Crippen LogP contribution is -2.15. The van der Waals surface area contributed by atoms with Crippen molar-refractivity contribution in [2.45, 2.75) is 31.8 Å². The van der Waals surface area contributed by atoms with Gasteiger partial charge in [0, 0.05) is 25.5 Å². The highest BCUT2D eigenvalue weighted by atomic mass is 15.3. The molecule has 1 unspecified atom stereocenters. The highest BCUT2D eigenvalue weighted by Gasteiger charge is 2.24. The van der Waals surface area contributed by atoms with Gasteiger partial charge in [-0.15, -0.1) is 10.2 Å². The van der Waals surface area contributed by atoms with E-state index in [-0.39, 0.29) is 6.04 Å². The Hall–Kier alpha value is -1.85. The summed E-state index contributed by atoms with van der Waals surface area (Å²) in [5.41, 5.74) is 0. The molecule has 1 aliphatic carbocycles. The van der Waals surface area contributed by atoms with Crippen LogP contribution in [0.5, 0.6) is 0 Å². The van der Waals surface area contributed by atoms with Crippen LogP contribution in [0, 0.1) is 0 Å². The molecule has 0 amide bonds. The van der Waals surface area contributed by atoms with Crippen molar-refractivity contribution in [2.75, 3.05) is 5.32 Å². The van der Waals surface area contributed by atoms with Crippen molar-refractivity contribution in [3.63, 3.8) is 0 Å². The molecule has 0 aromatic carbocycles. The molecular weight excluding hydrogens is 216 g/mol. The van der Waals surface area contributed by atoms with Gasteiger partial charge in [-0.05, 0) is 19.8 Å². The highest BCUT2D eigenvalue weighted by Crippen LogP contribution is 2.26. The average molecular weight is 232 g/mol.